The van der Waals surface area contributed by atoms with Gasteiger partial charge in [-0.1, -0.05) is 24.3 Å². The summed E-state index contributed by atoms with van der Waals surface area (Å²) in [5, 5.41) is 9.74. The van der Waals surface area contributed by atoms with E-state index in [0.29, 0.717) is 50.2 Å². The van der Waals surface area contributed by atoms with Gasteiger partial charge in [-0.05, 0) is 35.7 Å². The first kappa shape index (κ1) is 26.9. The second kappa shape index (κ2) is 10.9. The van der Waals surface area contributed by atoms with E-state index in [1.165, 1.54) is 30.3 Å². The van der Waals surface area contributed by atoms with Crippen molar-refractivity contribution >= 4 is 22.8 Å². The summed E-state index contributed by atoms with van der Waals surface area (Å²) in [6.07, 6.45) is -4.23. The lowest BCUT2D eigenvalue weighted by Crippen LogP contribution is -2.51. The van der Waals surface area contributed by atoms with Crippen LogP contribution in [0.2, 0.25) is 0 Å². The topological polar surface area (TPSA) is 78.3 Å². The van der Waals surface area contributed by atoms with Crippen LogP contribution in [0.5, 0.6) is 5.75 Å². The number of hydrogen-bond donors (Lipinski definition) is 1. The summed E-state index contributed by atoms with van der Waals surface area (Å²) in [5.74, 6) is -1.67. The number of carbonyl (C=O) groups excluding carboxylic acids is 1. The van der Waals surface area contributed by atoms with Gasteiger partial charge in [0, 0.05) is 50.3 Å². The smallest absolute Gasteiger partial charge is 0.480 e. The van der Waals surface area contributed by atoms with Gasteiger partial charge in [0.2, 0.25) is 5.91 Å². The Morgan fingerprint density at radius 2 is 1.59 bits per heavy atom. The molecule has 208 valence electrons. The summed E-state index contributed by atoms with van der Waals surface area (Å²) in [6, 6.07) is 10.3. The molecule has 0 bridgehead atoms. The molecule has 8 nitrogen and oxygen atoms in total. The summed E-state index contributed by atoms with van der Waals surface area (Å²) in [6.45, 7) is 3.53. The van der Waals surface area contributed by atoms with Crippen LogP contribution in [-0.4, -0.2) is 88.4 Å². The number of rotatable bonds is 7. The monoisotopic (exact) mass is 548 g/mol. The highest BCUT2D eigenvalue weighted by molar-refractivity contribution is 5.87. The van der Waals surface area contributed by atoms with Crippen molar-refractivity contribution in [2.24, 2.45) is 0 Å². The van der Waals surface area contributed by atoms with E-state index in [4.69, 9.17) is 5.11 Å². The van der Waals surface area contributed by atoms with Crippen LogP contribution in [0.3, 0.4) is 0 Å². The fourth-order valence-electron chi connectivity index (χ4n) is 5.41. The Balaban J connectivity index is 1.34. The van der Waals surface area contributed by atoms with E-state index in [9.17, 15) is 22.8 Å². The quantitative estimate of drug-likeness (QED) is 0.457. The second-order valence-electron chi connectivity index (χ2n) is 9.85. The van der Waals surface area contributed by atoms with Gasteiger partial charge in [-0.2, -0.15) is 0 Å². The molecule has 3 aromatic rings. The normalized spacial score (nSPS) is 16.9. The maximum Gasteiger partial charge on any atom is 0.573 e. The average Bonchev–Trinajstić information content (AvgIpc) is 3.19. The number of nitrogens with zero attached hydrogens (tertiary/aromatic N) is 4. The van der Waals surface area contributed by atoms with Crippen molar-refractivity contribution in [2.75, 3.05) is 45.8 Å². The van der Waals surface area contributed by atoms with Crippen molar-refractivity contribution in [1.82, 2.24) is 19.3 Å². The van der Waals surface area contributed by atoms with Crippen molar-refractivity contribution in [3.05, 3.63) is 65.1 Å². The minimum Gasteiger partial charge on any atom is -0.480 e. The summed E-state index contributed by atoms with van der Waals surface area (Å²) in [5.41, 5.74) is 2.83. The molecular weight excluding hydrogens is 520 g/mol. The molecule has 1 fully saturated rings. The number of carbonyl (C=O) groups is 2. The number of fused-ring (bicyclic) bond motifs is 3. The van der Waals surface area contributed by atoms with Gasteiger partial charge in [-0.3, -0.25) is 19.4 Å². The minimum absolute atomic E-state index is 0.0180. The number of alkyl halides is 3. The van der Waals surface area contributed by atoms with Gasteiger partial charge in [0.05, 0.1) is 25.2 Å². The predicted molar refractivity (Wildman–Crippen MR) is 134 cm³/mol. The summed E-state index contributed by atoms with van der Waals surface area (Å²) < 4.78 is 58.5. The molecule has 0 spiro atoms. The Kier molecular flexibility index (Phi) is 7.50. The van der Waals surface area contributed by atoms with Crippen molar-refractivity contribution < 1.29 is 37.0 Å². The largest absolute Gasteiger partial charge is 0.573 e. The van der Waals surface area contributed by atoms with Crippen molar-refractivity contribution in [1.29, 1.82) is 0 Å². The molecule has 5 rings (SSSR count). The Hall–Kier alpha value is -3.64. The number of ether oxygens (including phenoxy) is 1. The Bertz CT molecular complexity index is 1360. The van der Waals surface area contributed by atoms with Crippen LogP contribution < -0.4 is 4.74 Å². The number of para-hydroxylation sites is 1. The summed E-state index contributed by atoms with van der Waals surface area (Å²) >= 11 is 0. The molecule has 2 aliphatic rings. The minimum atomic E-state index is -4.79. The number of carboxylic acids is 1. The van der Waals surface area contributed by atoms with Gasteiger partial charge in [0.15, 0.2) is 0 Å². The molecular formula is C27H28F4N4O4. The molecule has 2 aromatic carbocycles. The Labute approximate surface area is 221 Å². The van der Waals surface area contributed by atoms with Crippen LogP contribution in [-0.2, 0) is 29.1 Å². The van der Waals surface area contributed by atoms with Gasteiger partial charge in [0.25, 0.3) is 0 Å². The Morgan fingerprint density at radius 1 is 0.923 bits per heavy atom. The number of benzene rings is 2. The second-order valence-corrected chi connectivity index (χ2v) is 9.85. The number of carboxylic acid groups (broad SMARTS) is 1. The van der Waals surface area contributed by atoms with E-state index in [1.54, 1.807) is 11.0 Å². The molecule has 3 heterocycles. The van der Waals surface area contributed by atoms with E-state index < -0.39 is 18.1 Å². The lowest BCUT2D eigenvalue weighted by atomic mass is 10.0. The van der Waals surface area contributed by atoms with Crippen LogP contribution in [0.15, 0.2) is 42.5 Å². The summed E-state index contributed by atoms with van der Waals surface area (Å²) in [4.78, 5) is 29.8. The molecule has 1 amide bonds. The lowest BCUT2D eigenvalue weighted by Gasteiger charge is -2.35. The van der Waals surface area contributed by atoms with Crippen LogP contribution in [0.1, 0.15) is 16.8 Å². The fraction of sp³-hybridized carbons (Fsp3) is 0.407. The maximum absolute atomic E-state index is 15.1. The molecule has 1 N–H and O–H groups in total. The number of amides is 1. The Morgan fingerprint density at radius 3 is 2.23 bits per heavy atom. The molecule has 2 aliphatic heterocycles. The molecule has 0 unspecified atom stereocenters. The third-order valence-corrected chi connectivity index (χ3v) is 7.26. The third-order valence-electron chi connectivity index (χ3n) is 7.26. The van der Waals surface area contributed by atoms with Gasteiger partial charge in [-0.15, -0.1) is 13.2 Å². The van der Waals surface area contributed by atoms with Crippen LogP contribution in [0.4, 0.5) is 17.6 Å². The van der Waals surface area contributed by atoms with E-state index in [2.05, 4.69) is 4.74 Å². The van der Waals surface area contributed by atoms with E-state index >= 15 is 4.39 Å². The number of piperazine rings is 1. The van der Waals surface area contributed by atoms with Crippen molar-refractivity contribution in [2.45, 2.75) is 25.9 Å². The first-order chi connectivity index (χ1) is 18.6. The van der Waals surface area contributed by atoms with Gasteiger partial charge in [-0.25, -0.2) is 4.39 Å². The van der Waals surface area contributed by atoms with Crippen LogP contribution >= 0.6 is 0 Å². The SMILES string of the molecule is O=C(O)CN1CCN(CC(=O)N2CCc3c(n(Cc4ccc(OC(F)(F)F)cc4)c4c(F)cccc34)C2)CC1. The highest BCUT2D eigenvalue weighted by Gasteiger charge is 2.31. The average molecular weight is 549 g/mol. The van der Waals surface area contributed by atoms with Gasteiger partial charge in [0.1, 0.15) is 11.6 Å². The first-order valence-electron chi connectivity index (χ1n) is 12.6. The van der Waals surface area contributed by atoms with Crippen LogP contribution in [0, 0.1) is 5.82 Å². The molecule has 0 aliphatic carbocycles. The standard InChI is InChI=1S/C27H28F4N4O4/c28-22-3-1-2-21-20-8-9-34(24(36)16-32-10-12-33(13-11-32)17-25(37)38)15-23(20)35(26(21)22)14-18-4-6-19(7-5-18)39-27(29,30)31/h1-7H,8-17H2,(H,37,38). The molecule has 12 heteroatoms. The fourth-order valence-corrected chi connectivity index (χ4v) is 5.41. The van der Waals surface area contributed by atoms with Gasteiger partial charge < -0.3 is 19.3 Å². The number of aromatic nitrogens is 1. The highest BCUT2D eigenvalue weighted by atomic mass is 19.4. The summed E-state index contributed by atoms with van der Waals surface area (Å²) in [7, 11) is 0. The van der Waals surface area contributed by atoms with Crippen molar-refractivity contribution in [3.63, 3.8) is 0 Å². The zero-order chi connectivity index (χ0) is 27.7. The molecule has 39 heavy (non-hydrogen) atoms. The predicted octanol–water partition coefficient (Wildman–Crippen LogP) is 3.31. The number of halogens is 4. The molecule has 0 atom stereocenters. The maximum atomic E-state index is 15.1. The van der Waals surface area contributed by atoms with E-state index in [0.717, 1.165) is 16.6 Å². The van der Waals surface area contributed by atoms with Crippen molar-refractivity contribution in [3.8, 4) is 5.75 Å². The molecule has 1 saturated heterocycles. The van der Waals surface area contributed by atoms with E-state index in [-0.39, 0.29) is 37.8 Å². The molecule has 1 aromatic heterocycles. The lowest BCUT2D eigenvalue weighted by molar-refractivity contribution is -0.274. The number of aliphatic carboxylic acids is 1. The number of hydrogen-bond acceptors (Lipinski definition) is 5. The molecule has 0 saturated carbocycles. The van der Waals surface area contributed by atoms with Crippen LogP contribution in [0.25, 0.3) is 10.9 Å². The first-order valence-corrected chi connectivity index (χ1v) is 12.6. The van der Waals surface area contributed by atoms with E-state index in [1.807, 2.05) is 20.4 Å². The highest BCUT2D eigenvalue weighted by Crippen LogP contribution is 2.33. The third kappa shape index (κ3) is 6.17. The zero-order valence-electron chi connectivity index (χ0n) is 21.1. The zero-order valence-corrected chi connectivity index (χ0v) is 21.1. The molecule has 0 radical (unpaired) electrons. The van der Waals surface area contributed by atoms with Gasteiger partial charge >= 0.3 is 12.3 Å².